The van der Waals surface area contributed by atoms with Gasteiger partial charge in [-0.25, -0.2) is 4.98 Å². The number of nitrogens with zero attached hydrogens (tertiary/aromatic N) is 3. The second-order valence-corrected chi connectivity index (χ2v) is 5.76. The molecule has 0 spiro atoms. The van der Waals surface area contributed by atoms with Gasteiger partial charge in [0.25, 0.3) is 5.88 Å². The third-order valence-electron chi connectivity index (χ3n) is 3.20. The van der Waals surface area contributed by atoms with Gasteiger partial charge in [-0.1, -0.05) is 23.7 Å². The van der Waals surface area contributed by atoms with E-state index in [1.54, 1.807) is 19.1 Å². The molecule has 0 aliphatic carbocycles. The Bertz CT molecular complexity index is 826. The van der Waals surface area contributed by atoms with E-state index in [9.17, 15) is 5.11 Å². The molecule has 114 valence electrons. The largest absolute Gasteiger partial charge is 0.491 e. The van der Waals surface area contributed by atoms with E-state index in [0.29, 0.717) is 27.8 Å². The fraction of sp³-hybridized carbons (Fsp3) is 0.250. The van der Waals surface area contributed by atoms with Gasteiger partial charge in [0.1, 0.15) is 0 Å². The molecule has 0 fully saturated rings. The monoisotopic (exact) mass is 317 g/mol. The Morgan fingerprint density at radius 1 is 1.23 bits per heavy atom. The average Bonchev–Trinajstić information content (AvgIpc) is 2.88. The minimum Gasteiger partial charge on any atom is -0.491 e. The number of hydrogen-bond donors (Lipinski definition) is 1. The van der Waals surface area contributed by atoms with Gasteiger partial charge in [-0.3, -0.25) is 0 Å². The second kappa shape index (κ2) is 5.50. The van der Waals surface area contributed by atoms with Crippen molar-refractivity contribution in [2.45, 2.75) is 26.9 Å². The van der Waals surface area contributed by atoms with Crippen molar-refractivity contribution in [2.24, 2.45) is 0 Å². The molecule has 0 radical (unpaired) electrons. The van der Waals surface area contributed by atoms with Gasteiger partial charge in [0.2, 0.25) is 5.75 Å². The van der Waals surface area contributed by atoms with E-state index in [0.717, 1.165) is 5.56 Å². The molecule has 5 nitrogen and oxygen atoms in total. The highest BCUT2D eigenvalue weighted by Gasteiger charge is 2.17. The van der Waals surface area contributed by atoms with Crippen molar-refractivity contribution < 1.29 is 9.84 Å². The Kier molecular flexibility index (Phi) is 3.66. The molecular formula is C16H16ClN3O2. The Morgan fingerprint density at radius 3 is 2.55 bits per heavy atom. The van der Waals surface area contributed by atoms with E-state index >= 15 is 0 Å². The van der Waals surface area contributed by atoms with Crippen molar-refractivity contribution in [1.29, 1.82) is 0 Å². The molecule has 1 N–H and O–H groups in total. The summed E-state index contributed by atoms with van der Waals surface area (Å²) in [5, 5.41) is 15.5. The highest BCUT2D eigenvalue weighted by atomic mass is 35.5. The van der Waals surface area contributed by atoms with Gasteiger partial charge in [-0.2, -0.15) is 9.61 Å². The minimum atomic E-state index is -0.0600. The van der Waals surface area contributed by atoms with E-state index in [4.69, 9.17) is 16.3 Å². The third kappa shape index (κ3) is 2.60. The summed E-state index contributed by atoms with van der Waals surface area (Å²) in [5.41, 5.74) is 2.80. The molecule has 6 heteroatoms. The van der Waals surface area contributed by atoms with Crippen molar-refractivity contribution in [3.05, 3.63) is 41.0 Å². The van der Waals surface area contributed by atoms with Crippen LogP contribution in [0.5, 0.6) is 11.6 Å². The third-order valence-corrected chi connectivity index (χ3v) is 3.45. The molecule has 0 bridgehead atoms. The predicted octanol–water partition coefficient (Wildman–Crippen LogP) is 3.85. The van der Waals surface area contributed by atoms with Gasteiger partial charge in [0.15, 0.2) is 5.65 Å². The summed E-state index contributed by atoms with van der Waals surface area (Å²) in [6, 6.07) is 9.16. The lowest BCUT2D eigenvalue weighted by Crippen LogP contribution is -2.09. The highest BCUT2D eigenvalue weighted by Crippen LogP contribution is 2.32. The standard InChI is InChI=1S/C16H16ClN3O2/c1-9(2)22-15-10(3)18-14-8-13(19-20(14)16(15)21)11-4-6-12(17)7-5-11/h4-9,21H,1-3H3. The number of aromatic nitrogens is 3. The maximum atomic E-state index is 10.4. The molecule has 0 saturated heterocycles. The predicted molar refractivity (Wildman–Crippen MR) is 85.6 cm³/mol. The first-order valence-electron chi connectivity index (χ1n) is 6.97. The summed E-state index contributed by atoms with van der Waals surface area (Å²) in [7, 11) is 0. The molecule has 0 aliphatic heterocycles. The van der Waals surface area contributed by atoms with E-state index in [-0.39, 0.29) is 12.0 Å². The van der Waals surface area contributed by atoms with Crippen LogP contribution in [0.3, 0.4) is 0 Å². The molecule has 3 aromatic rings. The zero-order valence-corrected chi connectivity index (χ0v) is 13.3. The first-order chi connectivity index (χ1) is 10.5. The van der Waals surface area contributed by atoms with Gasteiger partial charge >= 0.3 is 0 Å². The van der Waals surface area contributed by atoms with Gasteiger partial charge < -0.3 is 9.84 Å². The summed E-state index contributed by atoms with van der Waals surface area (Å²) >= 11 is 5.90. The Labute approximate surface area is 133 Å². The fourth-order valence-electron chi connectivity index (χ4n) is 2.22. The van der Waals surface area contributed by atoms with Crippen LogP contribution in [0.25, 0.3) is 16.9 Å². The summed E-state index contributed by atoms with van der Waals surface area (Å²) < 4.78 is 7.01. The maximum absolute atomic E-state index is 10.4. The Morgan fingerprint density at radius 2 is 1.91 bits per heavy atom. The number of benzene rings is 1. The van der Waals surface area contributed by atoms with Gasteiger partial charge in [-0.05, 0) is 32.9 Å². The van der Waals surface area contributed by atoms with E-state index in [1.807, 2.05) is 32.0 Å². The van der Waals surface area contributed by atoms with Crippen molar-refractivity contribution in [2.75, 3.05) is 0 Å². The first-order valence-corrected chi connectivity index (χ1v) is 7.35. The molecule has 2 aromatic heterocycles. The molecule has 0 atom stereocenters. The highest BCUT2D eigenvalue weighted by molar-refractivity contribution is 6.30. The van der Waals surface area contributed by atoms with Crippen molar-refractivity contribution in [3.63, 3.8) is 0 Å². The number of hydrogen-bond acceptors (Lipinski definition) is 4. The Balaban J connectivity index is 2.13. The van der Waals surface area contributed by atoms with E-state index < -0.39 is 0 Å². The van der Waals surface area contributed by atoms with Crippen LogP contribution < -0.4 is 4.74 Å². The van der Waals surface area contributed by atoms with E-state index in [2.05, 4.69) is 10.1 Å². The van der Waals surface area contributed by atoms with Crippen LogP contribution >= 0.6 is 11.6 Å². The first kappa shape index (κ1) is 14.7. The van der Waals surface area contributed by atoms with Crippen molar-refractivity contribution >= 4 is 17.2 Å². The summed E-state index contributed by atoms with van der Waals surface area (Å²) in [5.74, 6) is 0.310. The minimum absolute atomic E-state index is 0.0450. The average molecular weight is 318 g/mol. The van der Waals surface area contributed by atoms with Crippen LogP contribution in [0.2, 0.25) is 5.02 Å². The topological polar surface area (TPSA) is 59.7 Å². The quantitative estimate of drug-likeness (QED) is 0.797. The second-order valence-electron chi connectivity index (χ2n) is 5.32. The number of aromatic hydroxyl groups is 1. The lowest BCUT2D eigenvalue weighted by atomic mass is 10.2. The summed E-state index contributed by atoms with van der Waals surface area (Å²) in [4.78, 5) is 4.44. The zero-order chi connectivity index (χ0) is 15.9. The SMILES string of the molecule is Cc1nc2cc(-c3ccc(Cl)cc3)nn2c(O)c1OC(C)C. The molecule has 0 unspecified atom stereocenters. The summed E-state index contributed by atoms with van der Waals surface area (Å²) in [6.07, 6.45) is -0.0600. The number of halogens is 1. The summed E-state index contributed by atoms with van der Waals surface area (Å²) in [6.45, 7) is 5.59. The maximum Gasteiger partial charge on any atom is 0.259 e. The number of ether oxygens (including phenoxy) is 1. The smallest absolute Gasteiger partial charge is 0.259 e. The molecule has 2 heterocycles. The van der Waals surface area contributed by atoms with Crippen LogP contribution in [0, 0.1) is 6.92 Å². The molecule has 22 heavy (non-hydrogen) atoms. The van der Waals surface area contributed by atoms with Crippen molar-refractivity contribution in [1.82, 2.24) is 14.6 Å². The lowest BCUT2D eigenvalue weighted by molar-refractivity contribution is 0.224. The lowest BCUT2D eigenvalue weighted by Gasteiger charge is -2.13. The Hall–Kier alpha value is -2.27. The zero-order valence-electron chi connectivity index (χ0n) is 12.5. The van der Waals surface area contributed by atoms with E-state index in [1.165, 1.54) is 4.52 Å². The number of fused-ring (bicyclic) bond motifs is 1. The van der Waals surface area contributed by atoms with Gasteiger partial charge in [0.05, 0.1) is 17.5 Å². The van der Waals surface area contributed by atoms with Crippen LogP contribution in [0.4, 0.5) is 0 Å². The molecule has 0 saturated carbocycles. The normalized spacial score (nSPS) is 11.3. The van der Waals surface area contributed by atoms with Crippen molar-refractivity contribution in [3.8, 4) is 22.9 Å². The van der Waals surface area contributed by atoms with Crippen LogP contribution in [0.15, 0.2) is 30.3 Å². The number of aryl methyl sites for hydroxylation is 1. The molecule has 1 aromatic carbocycles. The van der Waals surface area contributed by atoms with Crippen LogP contribution in [0.1, 0.15) is 19.5 Å². The number of rotatable bonds is 3. The fourth-order valence-corrected chi connectivity index (χ4v) is 2.35. The molecule has 3 rings (SSSR count). The molecule has 0 aliphatic rings. The van der Waals surface area contributed by atoms with Gasteiger partial charge in [0, 0.05) is 16.7 Å². The van der Waals surface area contributed by atoms with Gasteiger partial charge in [-0.15, -0.1) is 0 Å². The van der Waals surface area contributed by atoms with Crippen LogP contribution in [-0.2, 0) is 0 Å². The molecular weight excluding hydrogens is 302 g/mol. The van der Waals surface area contributed by atoms with Crippen LogP contribution in [-0.4, -0.2) is 25.8 Å². The molecule has 0 amide bonds.